The molecule has 0 aliphatic carbocycles. The fourth-order valence-electron chi connectivity index (χ4n) is 1.24. The first-order valence-electron chi connectivity index (χ1n) is 5.36. The molecule has 0 aliphatic rings. The lowest BCUT2D eigenvalue weighted by atomic mass is 10.2. The fourth-order valence-corrected chi connectivity index (χ4v) is 1.38. The molecule has 5 nitrogen and oxygen atoms in total. The van der Waals surface area contributed by atoms with E-state index >= 15 is 0 Å². The first-order chi connectivity index (χ1) is 8.97. The van der Waals surface area contributed by atoms with Gasteiger partial charge in [0.2, 0.25) is 0 Å². The number of halogens is 1. The number of urea groups is 1. The minimum Gasteiger partial charge on any atom is -0.478 e. The fraction of sp³-hybridized carbons (Fsp3) is 0.0769. The predicted molar refractivity (Wildman–Crippen MR) is 78.2 cm³/mol. The highest BCUT2D eigenvalue weighted by molar-refractivity contribution is 9.11. The maximum Gasteiger partial charge on any atom is 0.328 e. The van der Waals surface area contributed by atoms with Crippen LogP contribution >= 0.6 is 15.9 Å². The third kappa shape index (κ3) is 6.42. The van der Waals surface area contributed by atoms with Crippen molar-refractivity contribution in [1.29, 1.82) is 0 Å². The van der Waals surface area contributed by atoms with Crippen molar-refractivity contribution in [2.75, 3.05) is 11.9 Å². The van der Waals surface area contributed by atoms with E-state index in [4.69, 9.17) is 5.11 Å². The molecular weight excluding hydrogens is 312 g/mol. The Morgan fingerprint density at radius 1 is 1.42 bits per heavy atom. The van der Waals surface area contributed by atoms with Crippen LogP contribution in [0, 0.1) is 0 Å². The van der Waals surface area contributed by atoms with Crippen molar-refractivity contribution in [3.8, 4) is 0 Å². The molecule has 0 heterocycles. The number of amides is 2. The van der Waals surface area contributed by atoms with E-state index in [9.17, 15) is 9.59 Å². The lowest BCUT2D eigenvalue weighted by Crippen LogP contribution is -2.29. The summed E-state index contributed by atoms with van der Waals surface area (Å²) in [6.07, 6.45) is 2.49. The molecule has 0 bridgehead atoms. The molecule has 19 heavy (non-hydrogen) atoms. The number of nitrogens with one attached hydrogen (secondary N) is 2. The van der Waals surface area contributed by atoms with Crippen LogP contribution in [0.3, 0.4) is 0 Å². The van der Waals surface area contributed by atoms with Gasteiger partial charge in [-0.3, -0.25) is 0 Å². The molecule has 1 rings (SSSR count). The van der Waals surface area contributed by atoms with Crippen LogP contribution in [-0.2, 0) is 4.79 Å². The molecule has 0 fully saturated rings. The third-order valence-electron chi connectivity index (χ3n) is 2.00. The molecule has 6 heteroatoms. The van der Waals surface area contributed by atoms with Gasteiger partial charge in [-0.05, 0) is 23.8 Å². The highest BCUT2D eigenvalue weighted by atomic mass is 79.9. The normalized spacial score (nSPS) is 10.2. The van der Waals surface area contributed by atoms with Crippen LogP contribution < -0.4 is 10.6 Å². The Morgan fingerprint density at radius 3 is 2.79 bits per heavy atom. The van der Waals surface area contributed by atoms with Crippen molar-refractivity contribution in [3.63, 3.8) is 0 Å². The van der Waals surface area contributed by atoms with Gasteiger partial charge in [-0.1, -0.05) is 34.6 Å². The van der Waals surface area contributed by atoms with Crippen LogP contribution in [0.4, 0.5) is 10.5 Å². The molecule has 0 spiro atoms. The molecule has 1 aromatic rings. The number of anilines is 1. The van der Waals surface area contributed by atoms with Crippen LogP contribution in [0.5, 0.6) is 0 Å². The first kappa shape index (κ1) is 15.0. The molecule has 0 saturated carbocycles. The Balaban J connectivity index is 2.64. The Hall–Kier alpha value is -2.08. The van der Waals surface area contributed by atoms with Gasteiger partial charge < -0.3 is 15.7 Å². The average Bonchev–Trinajstić information content (AvgIpc) is 2.34. The van der Waals surface area contributed by atoms with E-state index in [0.717, 1.165) is 6.08 Å². The zero-order chi connectivity index (χ0) is 14.3. The number of carboxylic acids is 1. The lowest BCUT2D eigenvalue weighted by Gasteiger charge is -2.07. The summed E-state index contributed by atoms with van der Waals surface area (Å²) < 4.78 is 0.667. The lowest BCUT2D eigenvalue weighted by molar-refractivity contribution is -0.131. The van der Waals surface area contributed by atoms with Gasteiger partial charge in [0.05, 0.1) is 6.54 Å². The van der Waals surface area contributed by atoms with Gasteiger partial charge in [0.1, 0.15) is 0 Å². The molecule has 100 valence electrons. The largest absolute Gasteiger partial charge is 0.478 e. The summed E-state index contributed by atoms with van der Waals surface area (Å²) in [5, 5.41) is 13.8. The van der Waals surface area contributed by atoms with Gasteiger partial charge in [-0.25, -0.2) is 9.59 Å². The molecule has 2 amide bonds. The number of benzene rings is 1. The molecule has 0 aromatic heterocycles. The van der Waals surface area contributed by atoms with Crippen molar-refractivity contribution < 1.29 is 14.7 Å². The number of hydrogen-bond donors (Lipinski definition) is 3. The zero-order valence-corrected chi connectivity index (χ0v) is 11.6. The molecule has 0 radical (unpaired) electrons. The summed E-state index contributed by atoms with van der Waals surface area (Å²) in [5.41, 5.74) is 1.26. The van der Waals surface area contributed by atoms with E-state index in [1.807, 2.05) is 0 Å². The third-order valence-corrected chi connectivity index (χ3v) is 2.28. The summed E-state index contributed by atoms with van der Waals surface area (Å²) in [5.74, 6) is -1.02. The Morgan fingerprint density at radius 2 is 2.16 bits per heavy atom. The number of rotatable bonds is 5. The summed E-state index contributed by atoms with van der Waals surface area (Å²) in [7, 11) is 0. The van der Waals surface area contributed by atoms with Gasteiger partial charge >= 0.3 is 12.0 Å². The Labute approximate surface area is 119 Å². The number of hydrogen-bond acceptors (Lipinski definition) is 2. The van der Waals surface area contributed by atoms with Gasteiger partial charge in [-0.2, -0.15) is 0 Å². The van der Waals surface area contributed by atoms with Crippen molar-refractivity contribution in [2.24, 2.45) is 0 Å². The predicted octanol–water partition coefficient (Wildman–Crippen LogP) is 2.81. The highest BCUT2D eigenvalue weighted by Gasteiger charge is 2.01. The van der Waals surface area contributed by atoms with Crippen molar-refractivity contribution >= 4 is 39.7 Å². The second-order valence-electron chi connectivity index (χ2n) is 3.62. The molecule has 0 aliphatic heterocycles. The van der Waals surface area contributed by atoms with E-state index < -0.39 is 5.97 Å². The van der Waals surface area contributed by atoms with Crippen LogP contribution in [0.25, 0.3) is 6.08 Å². The van der Waals surface area contributed by atoms with E-state index in [-0.39, 0.29) is 6.03 Å². The van der Waals surface area contributed by atoms with Gasteiger partial charge in [0.15, 0.2) is 0 Å². The van der Waals surface area contributed by atoms with Crippen LogP contribution in [0.2, 0.25) is 0 Å². The second kappa shape index (κ2) is 7.38. The SMILES string of the molecule is C=C(Br)CNC(=O)Nc1cccc(/C=C/C(=O)O)c1. The van der Waals surface area contributed by atoms with Gasteiger partial charge in [-0.15, -0.1) is 0 Å². The smallest absolute Gasteiger partial charge is 0.328 e. The minimum absolute atomic E-state index is 0.324. The topological polar surface area (TPSA) is 78.4 Å². The first-order valence-corrected chi connectivity index (χ1v) is 6.16. The number of carboxylic acid groups (broad SMARTS) is 1. The maximum absolute atomic E-state index is 11.5. The second-order valence-corrected chi connectivity index (χ2v) is 4.74. The molecule has 3 N–H and O–H groups in total. The van der Waals surface area contributed by atoms with Crippen LogP contribution in [-0.4, -0.2) is 23.7 Å². The number of carbonyl (C=O) groups excluding carboxylic acids is 1. The van der Waals surface area contributed by atoms with E-state index in [1.54, 1.807) is 24.3 Å². The van der Waals surface area contributed by atoms with Crippen LogP contribution in [0.1, 0.15) is 5.56 Å². The summed E-state index contributed by atoms with van der Waals surface area (Å²) >= 11 is 3.13. The monoisotopic (exact) mass is 324 g/mol. The quantitative estimate of drug-likeness (QED) is 0.729. The zero-order valence-electron chi connectivity index (χ0n) is 10.0. The highest BCUT2D eigenvalue weighted by Crippen LogP contribution is 2.12. The van der Waals surface area contributed by atoms with Gasteiger partial charge in [0.25, 0.3) is 0 Å². The van der Waals surface area contributed by atoms with E-state index in [0.29, 0.717) is 22.3 Å². The van der Waals surface area contributed by atoms with Crippen molar-refractivity contribution in [2.45, 2.75) is 0 Å². The maximum atomic E-state index is 11.5. The van der Waals surface area contributed by atoms with E-state index in [2.05, 4.69) is 33.1 Å². The molecule has 1 aromatic carbocycles. The van der Waals surface area contributed by atoms with E-state index in [1.165, 1.54) is 6.08 Å². The van der Waals surface area contributed by atoms with Crippen LogP contribution in [0.15, 0.2) is 41.4 Å². The molecule has 0 saturated heterocycles. The summed E-state index contributed by atoms with van der Waals surface area (Å²) in [6, 6.07) is 6.48. The Kier molecular flexibility index (Phi) is 5.81. The Bertz CT molecular complexity index is 526. The average molecular weight is 325 g/mol. The summed E-state index contributed by atoms with van der Waals surface area (Å²) in [4.78, 5) is 21.9. The number of carbonyl (C=O) groups is 2. The van der Waals surface area contributed by atoms with Crippen molar-refractivity contribution in [3.05, 3.63) is 47.0 Å². The molecule has 0 unspecified atom stereocenters. The molecular formula is C13H13BrN2O3. The summed E-state index contributed by atoms with van der Waals surface area (Å²) in [6.45, 7) is 3.92. The standard InChI is InChI=1S/C13H13BrN2O3/c1-9(14)8-15-13(19)16-11-4-2-3-10(7-11)5-6-12(17)18/h2-7H,1,8H2,(H,17,18)(H2,15,16,19)/b6-5+. The van der Waals surface area contributed by atoms with Gasteiger partial charge in [0, 0.05) is 16.2 Å². The minimum atomic E-state index is -1.02. The molecule has 0 atom stereocenters. The number of aliphatic carboxylic acids is 1. The van der Waals surface area contributed by atoms with Crippen molar-refractivity contribution in [1.82, 2.24) is 5.32 Å².